The van der Waals surface area contributed by atoms with Crippen LogP contribution in [0.15, 0.2) is 53.4 Å². The Morgan fingerprint density at radius 2 is 1.79 bits per heavy atom. The minimum absolute atomic E-state index is 0.0470. The molecule has 0 radical (unpaired) electrons. The highest BCUT2D eigenvalue weighted by atomic mass is 32.2. The lowest BCUT2D eigenvalue weighted by Crippen LogP contribution is -2.40. The van der Waals surface area contributed by atoms with E-state index in [-0.39, 0.29) is 23.0 Å². The monoisotopic (exact) mass is 402 g/mol. The van der Waals surface area contributed by atoms with Gasteiger partial charge in [-0.25, -0.2) is 13.2 Å². The molecule has 28 heavy (non-hydrogen) atoms. The molecule has 150 valence electrons. The maximum Gasteiger partial charge on any atom is 0.318 e. The topological polar surface area (TPSA) is 75.7 Å². The Hall–Kier alpha value is -2.54. The third-order valence-electron chi connectivity index (χ3n) is 5.16. The van der Waals surface area contributed by atoms with Gasteiger partial charge in [0.05, 0.1) is 24.1 Å². The fourth-order valence-corrected chi connectivity index (χ4v) is 4.17. The van der Waals surface area contributed by atoms with Crippen molar-refractivity contribution in [2.75, 3.05) is 19.9 Å². The molecule has 2 amide bonds. The summed E-state index contributed by atoms with van der Waals surface area (Å²) in [5.74, 6) is 0.795. The van der Waals surface area contributed by atoms with Crippen molar-refractivity contribution >= 4 is 15.9 Å². The summed E-state index contributed by atoms with van der Waals surface area (Å²) >= 11 is 0. The van der Waals surface area contributed by atoms with Gasteiger partial charge in [-0.2, -0.15) is 0 Å². The van der Waals surface area contributed by atoms with Gasteiger partial charge in [0.1, 0.15) is 5.75 Å². The number of ether oxygens (including phenoxy) is 1. The number of carbonyl (C=O) groups is 1. The van der Waals surface area contributed by atoms with Crippen LogP contribution in [0.1, 0.15) is 43.0 Å². The lowest BCUT2D eigenvalue weighted by atomic mass is 10.0. The van der Waals surface area contributed by atoms with E-state index in [4.69, 9.17) is 4.74 Å². The van der Waals surface area contributed by atoms with Crippen molar-refractivity contribution in [3.05, 3.63) is 59.7 Å². The number of benzene rings is 2. The van der Waals surface area contributed by atoms with Gasteiger partial charge < -0.3 is 15.0 Å². The Balaban J connectivity index is 1.68. The van der Waals surface area contributed by atoms with E-state index in [0.717, 1.165) is 29.7 Å². The molecule has 2 aromatic rings. The third kappa shape index (κ3) is 4.47. The van der Waals surface area contributed by atoms with Crippen molar-refractivity contribution in [3.8, 4) is 5.75 Å². The number of nitrogens with zero attached hydrogens (tertiary/aromatic N) is 1. The fourth-order valence-electron chi connectivity index (χ4n) is 3.54. The highest BCUT2D eigenvalue weighted by Crippen LogP contribution is 2.33. The number of carbonyl (C=O) groups excluding carboxylic acids is 1. The van der Waals surface area contributed by atoms with Gasteiger partial charge in [-0.3, -0.25) is 0 Å². The number of hydrogen-bond donors (Lipinski definition) is 1. The maximum absolute atomic E-state index is 12.9. The third-order valence-corrected chi connectivity index (χ3v) is 6.29. The summed E-state index contributed by atoms with van der Waals surface area (Å²) in [4.78, 5) is 15.0. The molecule has 1 heterocycles. The molecule has 0 bridgehead atoms. The first-order chi connectivity index (χ1) is 13.3. The highest BCUT2D eigenvalue weighted by molar-refractivity contribution is 7.90. The zero-order chi connectivity index (χ0) is 20.3. The van der Waals surface area contributed by atoms with Gasteiger partial charge in [0, 0.05) is 12.8 Å². The van der Waals surface area contributed by atoms with Gasteiger partial charge in [-0.1, -0.05) is 24.3 Å². The molecule has 1 fully saturated rings. The number of rotatable bonds is 5. The normalized spacial score (nSPS) is 18.0. The Bertz CT molecular complexity index is 924. The predicted molar refractivity (Wildman–Crippen MR) is 108 cm³/mol. The second-order valence-electron chi connectivity index (χ2n) is 7.14. The van der Waals surface area contributed by atoms with Crippen LogP contribution in [0.4, 0.5) is 4.79 Å². The molecule has 0 aliphatic carbocycles. The molecule has 1 saturated heterocycles. The van der Waals surface area contributed by atoms with Crippen LogP contribution < -0.4 is 10.1 Å². The van der Waals surface area contributed by atoms with Crippen LogP contribution in [0.5, 0.6) is 5.75 Å². The van der Waals surface area contributed by atoms with Gasteiger partial charge >= 0.3 is 6.03 Å². The van der Waals surface area contributed by atoms with E-state index in [1.807, 2.05) is 36.1 Å². The van der Waals surface area contributed by atoms with Crippen molar-refractivity contribution in [3.63, 3.8) is 0 Å². The molecule has 1 aliphatic rings. The molecule has 3 rings (SSSR count). The summed E-state index contributed by atoms with van der Waals surface area (Å²) in [6.07, 6.45) is 3.07. The molecule has 1 aliphatic heterocycles. The summed E-state index contributed by atoms with van der Waals surface area (Å²) in [5.41, 5.74) is 1.96. The number of likely N-dealkylation sites (tertiary alicyclic amines) is 1. The molecule has 6 nitrogen and oxygen atoms in total. The zero-order valence-corrected chi connectivity index (χ0v) is 17.2. The Morgan fingerprint density at radius 3 is 2.36 bits per heavy atom. The molecular weight excluding hydrogens is 376 g/mol. The van der Waals surface area contributed by atoms with Gasteiger partial charge in [0.25, 0.3) is 0 Å². The SMILES string of the molecule is COc1ccc(C2CCCN2C(=O)NC(C)c2ccc(S(C)(=O)=O)cc2)cc1. The first kappa shape index (κ1) is 20.2. The van der Waals surface area contributed by atoms with Crippen molar-refractivity contribution in [1.82, 2.24) is 10.2 Å². The first-order valence-corrected chi connectivity index (χ1v) is 11.2. The molecule has 2 unspecified atom stereocenters. The molecule has 0 aromatic heterocycles. The van der Waals surface area contributed by atoms with E-state index in [0.29, 0.717) is 6.54 Å². The van der Waals surface area contributed by atoms with Crippen LogP contribution in [-0.2, 0) is 9.84 Å². The number of sulfone groups is 1. The molecule has 1 N–H and O–H groups in total. The molecule has 2 atom stereocenters. The smallest absolute Gasteiger partial charge is 0.318 e. The Morgan fingerprint density at radius 1 is 1.14 bits per heavy atom. The summed E-state index contributed by atoms with van der Waals surface area (Å²) < 4.78 is 28.4. The van der Waals surface area contributed by atoms with Crippen LogP contribution >= 0.6 is 0 Å². The van der Waals surface area contributed by atoms with Crippen molar-refractivity contribution < 1.29 is 17.9 Å². The lowest BCUT2D eigenvalue weighted by Gasteiger charge is -2.27. The quantitative estimate of drug-likeness (QED) is 0.827. The maximum atomic E-state index is 12.9. The molecule has 2 aromatic carbocycles. The first-order valence-electron chi connectivity index (χ1n) is 9.30. The van der Waals surface area contributed by atoms with E-state index in [1.165, 1.54) is 6.26 Å². The summed E-state index contributed by atoms with van der Waals surface area (Å²) in [6, 6.07) is 14.2. The van der Waals surface area contributed by atoms with E-state index in [1.54, 1.807) is 31.4 Å². The number of hydrogen-bond acceptors (Lipinski definition) is 4. The predicted octanol–water partition coefficient (Wildman–Crippen LogP) is 3.71. The van der Waals surface area contributed by atoms with E-state index >= 15 is 0 Å². The molecule has 0 saturated carbocycles. The highest BCUT2D eigenvalue weighted by Gasteiger charge is 2.30. The lowest BCUT2D eigenvalue weighted by molar-refractivity contribution is 0.189. The van der Waals surface area contributed by atoms with Crippen LogP contribution in [0.3, 0.4) is 0 Å². The van der Waals surface area contributed by atoms with Crippen molar-refractivity contribution in [2.45, 2.75) is 36.7 Å². The van der Waals surface area contributed by atoms with E-state index in [2.05, 4.69) is 5.32 Å². The summed E-state index contributed by atoms with van der Waals surface area (Å²) in [6.45, 7) is 2.61. The average Bonchev–Trinajstić information content (AvgIpc) is 3.17. The summed E-state index contributed by atoms with van der Waals surface area (Å²) in [7, 11) is -1.60. The van der Waals surface area contributed by atoms with Crippen molar-refractivity contribution in [2.24, 2.45) is 0 Å². The van der Waals surface area contributed by atoms with Crippen LogP contribution in [-0.4, -0.2) is 39.3 Å². The minimum Gasteiger partial charge on any atom is -0.497 e. The zero-order valence-electron chi connectivity index (χ0n) is 16.4. The second-order valence-corrected chi connectivity index (χ2v) is 9.15. The summed E-state index contributed by atoms with van der Waals surface area (Å²) in [5, 5.41) is 3.03. The van der Waals surface area contributed by atoms with Gasteiger partial charge in [0.2, 0.25) is 0 Å². The van der Waals surface area contributed by atoms with Gasteiger partial charge in [-0.05, 0) is 55.2 Å². The number of nitrogens with one attached hydrogen (secondary N) is 1. The van der Waals surface area contributed by atoms with E-state index in [9.17, 15) is 13.2 Å². The van der Waals surface area contributed by atoms with Crippen LogP contribution in [0.2, 0.25) is 0 Å². The standard InChI is InChI=1S/C21H26N2O4S/c1-15(16-8-12-19(13-9-16)28(3,25)26)22-21(24)23-14-4-5-20(23)17-6-10-18(27-2)11-7-17/h6-13,15,20H,4-5,14H2,1-3H3,(H,22,24). The Labute approximate surface area is 166 Å². The molecule has 7 heteroatoms. The van der Waals surface area contributed by atoms with Crippen LogP contribution in [0.25, 0.3) is 0 Å². The second kappa shape index (κ2) is 8.22. The minimum atomic E-state index is -3.23. The number of amides is 2. The molecule has 0 spiro atoms. The van der Waals surface area contributed by atoms with E-state index < -0.39 is 9.84 Å². The van der Waals surface area contributed by atoms with Crippen LogP contribution in [0, 0.1) is 0 Å². The number of urea groups is 1. The average molecular weight is 403 g/mol. The van der Waals surface area contributed by atoms with Gasteiger partial charge in [0.15, 0.2) is 9.84 Å². The van der Waals surface area contributed by atoms with Crippen molar-refractivity contribution in [1.29, 1.82) is 0 Å². The van der Waals surface area contributed by atoms with Gasteiger partial charge in [-0.15, -0.1) is 0 Å². The fraction of sp³-hybridized carbons (Fsp3) is 0.381. The largest absolute Gasteiger partial charge is 0.497 e. The number of methoxy groups -OCH3 is 1. The molecular formula is C21H26N2O4S. The Kier molecular flexibility index (Phi) is 5.93.